The number of amides is 2. The Kier molecular flexibility index (Phi) is 5.08. The van der Waals surface area contributed by atoms with E-state index in [0.29, 0.717) is 17.1 Å². The summed E-state index contributed by atoms with van der Waals surface area (Å²) in [6.07, 6.45) is 1.23. The number of ether oxygens (including phenoxy) is 2. The lowest BCUT2D eigenvalue weighted by Crippen LogP contribution is -2.15. The summed E-state index contributed by atoms with van der Waals surface area (Å²) in [5.41, 5.74) is 1.08. The number of methoxy groups -OCH3 is 2. The van der Waals surface area contributed by atoms with Crippen LogP contribution in [0.5, 0.6) is 11.6 Å². The number of nitrogens with zero attached hydrogens (tertiary/aromatic N) is 2. The Morgan fingerprint density at radius 3 is 2.48 bits per heavy atom. The first kappa shape index (κ1) is 16.2. The third-order valence-electron chi connectivity index (χ3n) is 2.85. The summed E-state index contributed by atoms with van der Waals surface area (Å²) in [6.45, 7) is 1.40. The SMILES string of the molecule is COc1cc(C(=O)Nc2cc(NC(C)=O)ccc2OC)ncn1. The molecule has 120 valence electrons. The van der Waals surface area contributed by atoms with Gasteiger partial charge in [-0.25, -0.2) is 9.97 Å². The predicted octanol–water partition coefficient (Wildman–Crippen LogP) is 1.70. The molecule has 0 unspecified atom stereocenters. The Balaban J connectivity index is 2.26. The molecule has 0 aliphatic rings. The van der Waals surface area contributed by atoms with E-state index in [1.54, 1.807) is 18.2 Å². The standard InChI is InChI=1S/C15H16N4O4/c1-9(20)18-10-4-5-13(22-2)11(6-10)19-15(21)12-7-14(23-3)17-8-16-12/h4-8H,1-3H3,(H,18,20)(H,19,21). The lowest BCUT2D eigenvalue weighted by molar-refractivity contribution is -0.114. The van der Waals surface area contributed by atoms with Crippen LogP contribution in [0.4, 0.5) is 11.4 Å². The number of rotatable bonds is 5. The highest BCUT2D eigenvalue weighted by atomic mass is 16.5. The molecule has 2 amide bonds. The summed E-state index contributed by atoms with van der Waals surface area (Å²) in [5.74, 6) is 0.0644. The first-order chi connectivity index (χ1) is 11.0. The molecule has 0 saturated heterocycles. The molecule has 1 aromatic carbocycles. The molecule has 8 heteroatoms. The quantitative estimate of drug-likeness (QED) is 0.870. The van der Waals surface area contributed by atoms with Gasteiger partial charge in [-0.15, -0.1) is 0 Å². The molecule has 2 aromatic rings. The van der Waals surface area contributed by atoms with Gasteiger partial charge in [0.1, 0.15) is 17.8 Å². The minimum absolute atomic E-state index is 0.142. The lowest BCUT2D eigenvalue weighted by Gasteiger charge is -2.12. The maximum absolute atomic E-state index is 12.3. The summed E-state index contributed by atoms with van der Waals surface area (Å²) in [5, 5.41) is 5.32. The molecule has 1 heterocycles. The maximum atomic E-state index is 12.3. The van der Waals surface area contributed by atoms with Gasteiger partial charge < -0.3 is 20.1 Å². The van der Waals surface area contributed by atoms with Crippen molar-refractivity contribution < 1.29 is 19.1 Å². The average Bonchev–Trinajstić information content (AvgIpc) is 2.54. The van der Waals surface area contributed by atoms with Crippen LogP contribution < -0.4 is 20.1 Å². The topological polar surface area (TPSA) is 102 Å². The molecule has 0 bridgehead atoms. The summed E-state index contributed by atoms with van der Waals surface area (Å²) in [6, 6.07) is 6.32. The highest BCUT2D eigenvalue weighted by Gasteiger charge is 2.13. The van der Waals surface area contributed by atoms with Gasteiger partial charge in [-0.05, 0) is 18.2 Å². The fourth-order valence-electron chi connectivity index (χ4n) is 1.85. The molecule has 0 aliphatic heterocycles. The second-order valence-electron chi connectivity index (χ2n) is 4.50. The van der Waals surface area contributed by atoms with Gasteiger partial charge in [0.25, 0.3) is 5.91 Å². The van der Waals surface area contributed by atoms with Crippen LogP contribution in [-0.2, 0) is 4.79 Å². The molecule has 0 aliphatic carbocycles. The van der Waals surface area contributed by atoms with Gasteiger partial charge in [-0.3, -0.25) is 9.59 Å². The third kappa shape index (κ3) is 4.16. The Morgan fingerprint density at radius 2 is 1.83 bits per heavy atom. The van der Waals surface area contributed by atoms with Gasteiger partial charge in [-0.2, -0.15) is 0 Å². The van der Waals surface area contributed by atoms with Gasteiger partial charge in [0.05, 0.1) is 19.9 Å². The Bertz CT molecular complexity index is 733. The van der Waals surface area contributed by atoms with Crippen LogP contribution >= 0.6 is 0 Å². The molecule has 0 spiro atoms. The molecule has 0 radical (unpaired) electrons. The third-order valence-corrected chi connectivity index (χ3v) is 2.85. The molecule has 8 nitrogen and oxygen atoms in total. The molecular weight excluding hydrogens is 300 g/mol. The Hall–Kier alpha value is -3.16. The fourth-order valence-corrected chi connectivity index (χ4v) is 1.85. The molecule has 0 atom stereocenters. The number of benzene rings is 1. The van der Waals surface area contributed by atoms with Gasteiger partial charge in [0, 0.05) is 18.7 Å². The van der Waals surface area contributed by atoms with Gasteiger partial charge in [0.15, 0.2) is 0 Å². The largest absolute Gasteiger partial charge is 0.495 e. The second kappa shape index (κ2) is 7.21. The van der Waals surface area contributed by atoms with Crippen molar-refractivity contribution >= 4 is 23.2 Å². The Morgan fingerprint density at radius 1 is 1.04 bits per heavy atom. The van der Waals surface area contributed by atoms with E-state index in [4.69, 9.17) is 9.47 Å². The predicted molar refractivity (Wildman–Crippen MR) is 83.8 cm³/mol. The Labute approximate surface area is 132 Å². The summed E-state index contributed by atoms with van der Waals surface area (Å²) >= 11 is 0. The minimum Gasteiger partial charge on any atom is -0.495 e. The first-order valence-electron chi connectivity index (χ1n) is 6.66. The van der Waals surface area contributed by atoms with Crippen molar-refractivity contribution in [2.24, 2.45) is 0 Å². The first-order valence-corrected chi connectivity index (χ1v) is 6.66. The van der Waals surface area contributed by atoms with Gasteiger partial charge in [0.2, 0.25) is 11.8 Å². The van der Waals surface area contributed by atoms with Crippen molar-refractivity contribution in [1.29, 1.82) is 0 Å². The number of hydrogen-bond acceptors (Lipinski definition) is 6. The van der Waals surface area contributed by atoms with Crippen LogP contribution in [0, 0.1) is 0 Å². The van der Waals surface area contributed by atoms with E-state index in [9.17, 15) is 9.59 Å². The van der Waals surface area contributed by atoms with Crippen molar-refractivity contribution in [3.8, 4) is 11.6 Å². The molecule has 23 heavy (non-hydrogen) atoms. The van der Waals surface area contributed by atoms with Crippen molar-refractivity contribution in [3.63, 3.8) is 0 Å². The number of nitrogens with one attached hydrogen (secondary N) is 2. The highest BCUT2D eigenvalue weighted by Crippen LogP contribution is 2.28. The van der Waals surface area contributed by atoms with Crippen molar-refractivity contribution in [2.75, 3.05) is 24.9 Å². The summed E-state index contributed by atoms with van der Waals surface area (Å²) in [7, 11) is 2.93. The molecule has 1 aromatic heterocycles. The number of hydrogen-bond donors (Lipinski definition) is 2. The highest BCUT2D eigenvalue weighted by molar-refractivity contribution is 6.04. The van der Waals surface area contributed by atoms with E-state index in [1.807, 2.05) is 0 Å². The monoisotopic (exact) mass is 316 g/mol. The van der Waals surface area contributed by atoms with Crippen molar-refractivity contribution in [3.05, 3.63) is 36.3 Å². The van der Waals surface area contributed by atoms with Crippen LogP contribution in [0.2, 0.25) is 0 Å². The van der Waals surface area contributed by atoms with Crippen LogP contribution in [0.1, 0.15) is 17.4 Å². The van der Waals surface area contributed by atoms with Crippen LogP contribution in [0.15, 0.2) is 30.6 Å². The van der Waals surface area contributed by atoms with Crippen LogP contribution in [0.3, 0.4) is 0 Å². The number of aromatic nitrogens is 2. The summed E-state index contributed by atoms with van der Waals surface area (Å²) < 4.78 is 10.2. The molecule has 2 rings (SSSR count). The van der Waals surface area contributed by atoms with E-state index in [0.717, 1.165) is 0 Å². The second-order valence-corrected chi connectivity index (χ2v) is 4.50. The smallest absolute Gasteiger partial charge is 0.274 e. The number of carbonyl (C=O) groups is 2. The normalized spacial score (nSPS) is 9.87. The molecule has 0 fully saturated rings. The zero-order valence-corrected chi connectivity index (χ0v) is 12.9. The fraction of sp³-hybridized carbons (Fsp3) is 0.200. The van der Waals surface area contributed by atoms with E-state index >= 15 is 0 Å². The zero-order valence-electron chi connectivity index (χ0n) is 12.9. The maximum Gasteiger partial charge on any atom is 0.274 e. The zero-order chi connectivity index (χ0) is 16.8. The summed E-state index contributed by atoms with van der Waals surface area (Å²) in [4.78, 5) is 31.2. The van der Waals surface area contributed by atoms with Crippen molar-refractivity contribution in [1.82, 2.24) is 9.97 Å². The average molecular weight is 316 g/mol. The lowest BCUT2D eigenvalue weighted by atomic mass is 10.2. The van der Waals surface area contributed by atoms with Gasteiger partial charge in [-0.1, -0.05) is 0 Å². The minimum atomic E-state index is -0.455. The van der Waals surface area contributed by atoms with E-state index in [-0.39, 0.29) is 17.5 Å². The van der Waals surface area contributed by atoms with Crippen LogP contribution in [-0.4, -0.2) is 36.0 Å². The number of carbonyl (C=O) groups excluding carboxylic acids is 2. The van der Waals surface area contributed by atoms with Gasteiger partial charge >= 0.3 is 0 Å². The van der Waals surface area contributed by atoms with Crippen molar-refractivity contribution in [2.45, 2.75) is 6.92 Å². The van der Waals surface area contributed by atoms with E-state index in [2.05, 4.69) is 20.6 Å². The molecule has 0 saturated carbocycles. The van der Waals surface area contributed by atoms with E-state index < -0.39 is 5.91 Å². The van der Waals surface area contributed by atoms with E-state index in [1.165, 1.54) is 33.5 Å². The molecule has 2 N–H and O–H groups in total. The molecular formula is C15H16N4O4. The van der Waals surface area contributed by atoms with Crippen LogP contribution in [0.25, 0.3) is 0 Å². The number of anilines is 2.